The Morgan fingerprint density at radius 3 is 2.55 bits per heavy atom. The van der Waals surface area contributed by atoms with Crippen molar-refractivity contribution in [1.29, 1.82) is 0 Å². The minimum Gasteiger partial charge on any atom is -0.339 e. The highest BCUT2D eigenvalue weighted by Gasteiger charge is 2.25. The number of sulfonamides is 1. The molecule has 0 atom stereocenters. The molecule has 1 aliphatic rings. The monoisotopic (exact) mass is 432 g/mol. The van der Waals surface area contributed by atoms with E-state index >= 15 is 0 Å². The molecule has 0 aliphatic carbocycles. The summed E-state index contributed by atoms with van der Waals surface area (Å²) < 4.78 is 28.3. The van der Waals surface area contributed by atoms with Gasteiger partial charge in [0.1, 0.15) is 0 Å². The van der Waals surface area contributed by atoms with Gasteiger partial charge in [0.25, 0.3) is 5.91 Å². The van der Waals surface area contributed by atoms with Crippen LogP contribution in [0, 0.1) is 12.8 Å². The van der Waals surface area contributed by atoms with E-state index in [2.05, 4.69) is 11.6 Å². The number of rotatable bonds is 6. The van der Waals surface area contributed by atoms with E-state index in [9.17, 15) is 13.2 Å². The topological polar surface area (TPSA) is 66.5 Å². The van der Waals surface area contributed by atoms with Crippen LogP contribution in [0.5, 0.6) is 0 Å². The van der Waals surface area contributed by atoms with E-state index in [4.69, 9.17) is 0 Å². The van der Waals surface area contributed by atoms with E-state index in [1.54, 1.807) is 12.1 Å². The molecule has 0 spiro atoms. The Kier molecular flexibility index (Phi) is 7.03. The highest BCUT2D eigenvalue weighted by Crippen LogP contribution is 2.27. The molecule has 5 nitrogen and oxygen atoms in total. The largest absolute Gasteiger partial charge is 0.339 e. The van der Waals surface area contributed by atoms with Crippen molar-refractivity contribution >= 4 is 27.7 Å². The first-order chi connectivity index (χ1) is 13.8. The van der Waals surface area contributed by atoms with Gasteiger partial charge in [0.15, 0.2) is 0 Å². The number of benzene rings is 2. The molecule has 156 valence electrons. The molecule has 29 heavy (non-hydrogen) atoms. The SMILES string of the molecule is CSc1ccc(S(=O)(=O)NCc2cccc(C)c2)cc1C(=O)N1CCC(C)CC1. The zero-order valence-corrected chi connectivity index (χ0v) is 18.8. The number of thioether (sulfide) groups is 1. The molecule has 1 fully saturated rings. The maximum atomic E-state index is 13.1. The number of likely N-dealkylation sites (tertiary alicyclic amines) is 1. The molecule has 3 rings (SSSR count). The Bertz CT molecular complexity index is 981. The molecule has 0 aromatic heterocycles. The van der Waals surface area contributed by atoms with Crippen molar-refractivity contribution in [3.05, 3.63) is 59.2 Å². The summed E-state index contributed by atoms with van der Waals surface area (Å²) in [5.74, 6) is 0.536. The Balaban J connectivity index is 1.82. The average Bonchev–Trinajstić information content (AvgIpc) is 2.72. The maximum Gasteiger partial charge on any atom is 0.255 e. The number of piperidine rings is 1. The van der Waals surface area contributed by atoms with Gasteiger partial charge in [-0.1, -0.05) is 36.8 Å². The lowest BCUT2D eigenvalue weighted by atomic mass is 9.98. The molecule has 1 aliphatic heterocycles. The molecule has 0 saturated carbocycles. The first kappa shape index (κ1) is 21.9. The molecule has 0 radical (unpaired) electrons. The van der Waals surface area contributed by atoms with Crippen LogP contribution in [0.2, 0.25) is 0 Å². The van der Waals surface area contributed by atoms with Crippen LogP contribution >= 0.6 is 11.8 Å². The third-order valence-corrected chi connectivity index (χ3v) is 7.53. The third kappa shape index (κ3) is 5.41. The molecule has 2 aromatic carbocycles. The molecule has 1 saturated heterocycles. The molecule has 0 bridgehead atoms. The number of nitrogens with one attached hydrogen (secondary N) is 1. The molecule has 1 N–H and O–H groups in total. The zero-order chi connectivity index (χ0) is 21.0. The zero-order valence-electron chi connectivity index (χ0n) is 17.1. The Hall–Kier alpha value is -1.83. The number of hydrogen-bond acceptors (Lipinski definition) is 4. The predicted molar refractivity (Wildman–Crippen MR) is 118 cm³/mol. The van der Waals surface area contributed by atoms with Crippen molar-refractivity contribution in [3.8, 4) is 0 Å². The van der Waals surface area contributed by atoms with Crippen LogP contribution in [0.15, 0.2) is 52.3 Å². The third-order valence-electron chi connectivity index (χ3n) is 5.33. The van der Waals surface area contributed by atoms with Crippen LogP contribution in [0.1, 0.15) is 41.3 Å². The van der Waals surface area contributed by atoms with E-state index < -0.39 is 10.0 Å². The van der Waals surface area contributed by atoms with E-state index in [-0.39, 0.29) is 17.3 Å². The first-order valence-electron chi connectivity index (χ1n) is 9.82. The summed E-state index contributed by atoms with van der Waals surface area (Å²) >= 11 is 1.46. The van der Waals surface area contributed by atoms with Crippen molar-refractivity contribution in [2.24, 2.45) is 5.92 Å². The van der Waals surface area contributed by atoms with E-state index in [1.807, 2.05) is 42.3 Å². The van der Waals surface area contributed by atoms with Crippen molar-refractivity contribution in [2.75, 3.05) is 19.3 Å². The minimum atomic E-state index is -3.72. The van der Waals surface area contributed by atoms with Gasteiger partial charge in [0.05, 0.1) is 10.5 Å². The standard InChI is InChI=1S/C22H28N2O3S2/c1-16-9-11-24(12-10-16)22(25)20-14-19(7-8-21(20)28-3)29(26,27)23-15-18-6-4-5-17(2)13-18/h4-8,13-14,16,23H,9-12,15H2,1-3H3. The highest BCUT2D eigenvalue weighted by atomic mass is 32.2. The predicted octanol–water partition coefficient (Wildman–Crippen LogP) is 4.07. The number of carbonyl (C=O) groups excluding carboxylic acids is 1. The quantitative estimate of drug-likeness (QED) is 0.699. The number of carbonyl (C=O) groups is 1. The second-order valence-corrected chi connectivity index (χ2v) is 10.3. The van der Waals surface area contributed by atoms with Crippen LogP contribution in [0.4, 0.5) is 0 Å². The van der Waals surface area contributed by atoms with Gasteiger partial charge in [0, 0.05) is 24.5 Å². The molecule has 7 heteroatoms. The molecule has 1 amide bonds. The summed E-state index contributed by atoms with van der Waals surface area (Å²) in [6, 6.07) is 12.5. The number of aryl methyl sites for hydroxylation is 1. The molecule has 0 unspecified atom stereocenters. The fraction of sp³-hybridized carbons (Fsp3) is 0.409. The average molecular weight is 433 g/mol. The highest BCUT2D eigenvalue weighted by molar-refractivity contribution is 7.98. The van der Waals surface area contributed by atoms with E-state index in [0.29, 0.717) is 11.5 Å². The Labute approximate surface area is 177 Å². The van der Waals surface area contributed by atoms with Gasteiger partial charge >= 0.3 is 0 Å². The van der Waals surface area contributed by atoms with Crippen molar-refractivity contribution in [2.45, 2.75) is 43.0 Å². The summed E-state index contributed by atoms with van der Waals surface area (Å²) in [5, 5.41) is 0. The molecule has 1 heterocycles. The molecular formula is C22H28N2O3S2. The fourth-order valence-electron chi connectivity index (χ4n) is 3.49. The lowest BCUT2D eigenvalue weighted by molar-refractivity contribution is 0.0693. The molecule has 2 aromatic rings. The Morgan fingerprint density at radius 2 is 1.90 bits per heavy atom. The molecular weight excluding hydrogens is 404 g/mol. The van der Waals surface area contributed by atoms with Gasteiger partial charge in [-0.05, 0) is 55.7 Å². The van der Waals surface area contributed by atoms with Crippen molar-refractivity contribution in [1.82, 2.24) is 9.62 Å². The van der Waals surface area contributed by atoms with Crippen molar-refractivity contribution < 1.29 is 13.2 Å². The van der Waals surface area contributed by atoms with Crippen LogP contribution in [0.3, 0.4) is 0 Å². The lowest BCUT2D eigenvalue weighted by Gasteiger charge is -2.30. The number of hydrogen-bond donors (Lipinski definition) is 1. The number of nitrogens with zero attached hydrogens (tertiary/aromatic N) is 1. The smallest absolute Gasteiger partial charge is 0.255 e. The summed E-state index contributed by atoms with van der Waals surface area (Å²) in [6.07, 6.45) is 3.86. The number of amides is 1. The summed E-state index contributed by atoms with van der Waals surface area (Å²) in [6.45, 7) is 5.81. The van der Waals surface area contributed by atoms with Crippen LogP contribution in [-0.4, -0.2) is 38.6 Å². The summed E-state index contributed by atoms with van der Waals surface area (Å²) in [5.41, 5.74) is 2.44. The second kappa shape index (κ2) is 9.32. The Morgan fingerprint density at radius 1 is 1.17 bits per heavy atom. The van der Waals surface area contributed by atoms with Crippen LogP contribution in [0.25, 0.3) is 0 Å². The van der Waals surface area contributed by atoms with Gasteiger partial charge in [-0.3, -0.25) is 4.79 Å². The lowest BCUT2D eigenvalue weighted by Crippen LogP contribution is -2.38. The maximum absolute atomic E-state index is 13.1. The van der Waals surface area contributed by atoms with Crippen LogP contribution in [-0.2, 0) is 16.6 Å². The van der Waals surface area contributed by atoms with Gasteiger partial charge in [0.2, 0.25) is 10.0 Å². The van der Waals surface area contributed by atoms with Crippen LogP contribution < -0.4 is 4.72 Å². The summed E-state index contributed by atoms with van der Waals surface area (Å²) in [4.78, 5) is 15.8. The van der Waals surface area contributed by atoms with Gasteiger partial charge < -0.3 is 4.90 Å². The normalized spacial score (nSPS) is 15.5. The van der Waals surface area contributed by atoms with Gasteiger partial charge in [-0.2, -0.15) is 0 Å². The van der Waals surface area contributed by atoms with Crippen molar-refractivity contribution in [3.63, 3.8) is 0 Å². The fourth-order valence-corrected chi connectivity index (χ4v) is 5.10. The summed E-state index contributed by atoms with van der Waals surface area (Å²) in [7, 11) is -3.72. The van der Waals surface area contributed by atoms with E-state index in [0.717, 1.165) is 42.0 Å². The first-order valence-corrected chi connectivity index (χ1v) is 12.5. The minimum absolute atomic E-state index is 0.0861. The van der Waals surface area contributed by atoms with Gasteiger partial charge in [-0.25, -0.2) is 13.1 Å². The van der Waals surface area contributed by atoms with E-state index in [1.165, 1.54) is 17.8 Å². The van der Waals surface area contributed by atoms with Gasteiger partial charge in [-0.15, -0.1) is 11.8 Å². The second-order valence-electron chi connectivity index (χ2n) is 7.65.